The minimum atomic E-state index is -0.516. The predicted molar refractivity (Wildman–Crippen MR) is 96.9 cm³/mol. The van der Waals surface area contributed by atoms with Crippen molar-refractivity contribution < 1.29 is 18.7 Å². The van der Waals surface area contributed by atoms with Crippen LogP contribution in [0.3, 0.4) is 0 Å². The Labute approximate surface area is 152 Å². The maximum absolute atomic E-state index is 13.8. The molecule has 0 aliphatic carbocycles. The van der Waals surface area contributed by atoms with E-state index in [1.807, 2.05) is 24.3 Å². The number of nitrogens with zero attached hydrogens (tertiary/aromatic N) is 1. The number of hydrogen-bond acceptors (Lipinski definition) is 4. The zero-order valence-corrected chi connectivity index (χ0v) is 14.8. The average molecular weight is 358 g/mol. The molecular weight excluding hydrogens is 335 g/mol. The number of carbonyl (C=O) groups is 1. The van der Waals surface area contributed by atoms with Crippen molar-refractivity contribution >= 4 is 5.91 Å². The summed E-state index contributed by atoms with van der Waals surface area (Å²) in [7, 11) is 1.63. The smallest absolute Gasteiger partial charge is 0.254 e. The molecule has 0 radical (unpaired) electrons. The molecule has 26 heavy (non-hydrogen) atoms. The Hall–Kier alpha value is -2.44. The number of nitrogens with one attached hydrogen (secondary N) is 1. The lowest BCUT2D eigenvalue weighted by Crippen LogP contribution is -2.43. The lowest BCUT2D eigenvalue weighted by Gasteiger charge is -2.35. The van der Waals surface area contributed by atoms with Crippen molar-refractivity contribution in [3.8, 4) is 5.75 Å². The highest BCUT2D eigenvalue weighted by Crippen LogP contribution is 2.24. The van der Waals surface area contributed by atoms with E-state index in [9.17, 15) is 9.18 Å². The van der Waals surface area contributed by atoms with Crippen molar-refractivity contribution in [1.82, 2.24) is 10.2 Å². The molecule has 5 nitrogen and oxygen atoms in total. The number of amides is 1. The molecule has 0 spiro atoms. The van der Waals surface area contributed by atoms with Crippen LogP contribution in [0.25, 0.3) is 0 Å². The van der Waals surface area contributed by atoms with Gasteiger partial charge in [-0.25, -0.2) is 4.39 Å². The van der Waals surface area contributed by atoms with Gasteiger partial charge in [-0.15, -0.1) is 0 Å². The van der Waals surface area contributed by atoms with Crippen LogP contribution in [0, 0.1) is 5.82 Å². The van der Waals surface area contributed by atoms with Gasteiger partial charge >= 0.3 is 0 Å². The van der Waals surface area contributed by atoms with Gasteiger partial charge in [0.1, 0.15) is 11.6 Å². The average Bonchev–Trinajstić information content (AvgIpc) is 2.69. The molecule has 1 fully saturated rings. The SMILES string of the molecule is COc1ccc([C@@H](CNC(=O)c2ccccc2F)N2CCOCC2)cc1. The number of benzene rings is 2. The number of hydrogen-bond donors (Lipinski definition) is 1. The second kappa shape index (κ2) is 8.78. The van der Waals surface area contributed by atoms with Crippen LogP contribution in [0.5, 0.6) is 5.75 Å². The molecule has 1 saturated heterocycles. The minimum absolute atomic E-state index is 0.0134. The normalized spacial score (nSPS) is 16.1. The predicted octanol–water partition coefficient (Wildman–Crippen LogP) is 2.64. The molecule has 138 valence electrons. The largest absolute Gasteiger partial charge is 0.497 e. The number of morpholine rings is 1. The van der Waals surface area contributed by atoms with Crippen molar-refractivity contribution in [2.24, 2.45) is 0 Å². The number of ether oxygens (including phenoxy) is 2. The molecule has 0 unspecified atom stereocenters. The first-order valence-electron chi connectivity index (χ1n) is 8.67. The molecule has 1 aliphatic rings. The van der Waals surface area contributed by atoms with E-state index < -0.39 is 11.7 Å². The van der Waals surface area contributed by atoms with Gasteiger partial charge < -0.3 is 14.8 Å². The molecule has 0 saturated carbocycles. The third-order valence-electron chi connectivity index (χ3n) is 4.56. The van der Waals surface area contributed by atoms with E-state index >= 15 is 0 Å². The minimum Gasteiger partial charge on any atom is -0.497 e. The van der Waals surface area contributed by atoms with E-state index in [1.54, 1.807) is 19.2 Å². The molecule has 3 rings (SSSR count). The quantitative estimate of drug-likeness (QED) is 0.863. The summed E-state index contributed by atoms with van der Waals surface area (Å²) in [4.78, 5) is 14.6. The van der Waals surface area contributed by atoms with Crippen LogP contribution in [0.2, 0.25) is 0 Å². The molecule has 1 amide bonds. The number of halogens is 1. The van der Waals surface area contributed by atoms with Gasteiger partial charge in [-0.1, -0.05) is 24.3 Å². The maximum atomic E-state index is 13.8. The summed E-state index contributed by atoms with van der Waals surface area (Å²) in [5, 5.41) is 2.87. The van der Waals surface area contributed by atoms with Crippen LogP contribution in [-0.2, 0) is 4.74 Å². The third kappa shape index (κ3) is 4.39. The molecule has 0 bridgehead atoms. The lowest BCUT2D eigenvalue weighted by atomic mass is 10.0. The fraction of sp³-hybridized carbons (Fsp3) is 0.350. The summed E-state index contributed by atoms with van der Waals surface area (Å²) in [6.45, 7) is 3.28. The molecule has 1 aliphatic heterocycles. The fourth-order valence-electron chi connectivity index (χ4n) is 3.10. The number of carbonyl (C=O) groups excluding carboxylic acids is 1. The van der Waals surface area contributed by atoms with Gasteiger partial charge in [0.15, 0.2) is 0 Å². The monoisotopic (exact) mass is 358 g/mol. The van der Waals surface area contributed by atoms with E-state index in [2.05, 4.69) is 10.2 Å². The second-order valence-corrected chi connectivity index (χ2v) is 6.13. The molecule has 6 heteroatoms. The number of methoxy groups -OCH3 is 1. The summed E-state index contributed by atoms with van der Waals surface area (Å²) in [6, 6.07) is 13.8. The van der Waals surface area contributed by atoms with Gasteiger partial charge in [0.2, 0.25) is 0 Å². The Kier molecular flexibility index (Phi) is 6.20. The summed E-state index contributed by atoms with van der Waals surface area (Å²) >= 11 is 0. The van der Waals surface area contributed by atoms with Crippen molar-refractivity contribution in [2.75, 3.05) is 40.0 Å². The van der Waals surface area contributed by atoms with Crippen LogP contribution in [0.1, 0.15) is 22.0 Å². The Bertz CT molecular complexity index is 730. The first-order valence-corrected chi connectivity index (χ1v) is 8.67. The van der Waals surface area contributed by atoms with E-state index in [-0.39, 0.29) is 11.6 Å². The van der Waals surface area contributed by atoms with Crippen LogP contribution in [0.15, 0.2) is 48.5 Å². The summed E-state index contributed by atoms with van der Waals surface area (Å²) < 4.78 is 24.5. The first kappa shape index (κ1) is 18.4. The Morgan fingerprint density at radius 2 is 1.88 bits per heavy atom. The Morgan fingerprint density at radius 1 is 1.19 bits per heavy atom. The van der Waals surface area contributed by atoms with Crippen molar-refractivity contribution in [3.05, 3.63) is 65.5 Å². The maximum Gasteiger partial charge on any atom is 0.254 e. The molecule has 1 atom stereocenters. The fourth-order valence-corrected chi connectivity index (χ4v) is 3.10. The van der Waals surface area contributed by atoms with Crippen molar-refractivity contribution in [3.63, 3.8) is 0 Å². The van der Waals surface area contributed by atoms with Crippen LogP contribution < -0.4 is 10.1 Å². The van der Waals surface area contributed by atoms with E-state index in [4.69, 9.17) is 9.47 Å². The van der Waals surface area contributed by atoms with Crippen LogP contribution in [0.4, 0.5) is 4.39 Å². The Morgan fingerprint density at radius 3 is 2.54 bits per heavy atom. The van der Waals surface area contributed by atoms with Crippen LogP contribution >= 0.6 is 0 Å². The second-order valence-electron chi connectivity index (χ2n) is 6.13. The van der Waals surface area contributed by atoms with E-state index in [0.717, 1.165) is 24.4 Å². The highest BCUT2D eigenvalue weighted by molar-refractivity contribution is 5.94. The summed E-state index contributed by atoms with van der Waals surface area (Å²) in [5.74, 6) is -0.142. The van der Waals surface area contributed by atoms with Crippen molar-refractivity contribution in [2.45, 2.75) is 6.04 Å². The first-order chi connectivity index (χ1) is 12.7. The third-order valence-corrected chi connectivity index (χ3v) is 4.56. The van der Waals surface area contributed by atoms with Gasteiger partial charge in [0.25, 0.3) is 5.91 Å². The van der Waals surface area contributed by atoms with Gasteiger partial charge in [-0.05, 0) is 29.8 Å². The van der Waals surface area contributed by atoms with Gasteiger partial charge in [0, 0.05) is 19.6 Å². The van der Waals surface area contributed by atoms with Gasteiger partial charge in [0.05, 0.1) is 31.9 Å². The molecule has 1 heterocycles. The highest BCUT2D eigenvalue weighted by atomic mass is 19.1. The van der Waals surface area contributed by atoms with Gasteiger partial charge in [-0.3, -0.25) is 9.69 Å². The summed E-state index contributed by atoms with van der Waals surface area (Å²) in [6.07, 6.45) is 0. The number of rotatable bonds is 6. The lowest BCUT2D eigenvalue weighted by molar-refractivity contribution is 0.0162. The molecule has 0 aromatic heterocycles. The van der Waals surface area contributed by atoms with Crippen LogP contribution in [-0.4, -0.2) is 50.8 Å². The zero-order valence-electron chi connectivity index (χ0n) is 14.8. The molecule has 2 aromatic rings. The van der Waals surface area contributed by atoms with Gasteiger partial charge in [-0.2, -0.15) is 0 Å². The topological polar surface area (TPSA) is 50.8 Å². The summed E-state index contributed by atoms with van der Waals surface area (Å²) in [5.41, 5.74) is 1.13. The standard InChI is InChI=1S/C20H23FN2O3/c1-25-16-8-6-15(7-9-16)19(23-10-12-26-13-11-23)14-22-20(24)17-4-2-3-5-18(17)21/h2-9,19H,10-14H2,1H3,(H,22,24)/t19-/m1/s1. The molecule has 2 aromatic carbocycles. The van der Waals surface area contributed by atoms with E-state index in [0.29, 0.717) is 19.8 Å². The highest BCUT2D eigenvalue weighted by Gasteiger charge is 2.24. The zero-order chi connectivity index (χ0) is 18.4. The molecular formula is C20H23FN2O3. The van der Waals surface area contributed by atoms with Crippen molar-refractivity contribution in [1.29, 1.82) is 0 Å². The van der Waals surface area contributed by atoms with E-state index in [1.165, 1.54) is 12.1 Å². The molecule has 1 N–H and O–H groups in total. The Balaban J connectivity index is 1.74.